The van der Waals surface area contributed by atoms with Crippen LogP contribution in [0.25, 0.3) is 10.8 Å². The molecule has 0 amide bonds. The Hall–Kier alpha value is -1.15. The monoisotopic (exact) mass is 223 g/mol. The molecule has 0 saturated heterocycles. The van der Waals surface area contributed by atoms with Crippen molar-refractivity contribution in [3.63, 3.8) is 0 Å². The molecule has 0 fully saturated rings. The molecule has 2 aromatic rings. The molecule has 0 saturated carbocycles. The number of hydrogen-bond donors (Lipinski definition) is 0. The highest BCUT2D eigenvalue weighted by Gasteiger charge is 2.09. The summed E-state index contributed by atoms with van der Waals surface area (Å²) in [6, 6.07) is 5.13. The van der Waals surface area contributed by atoms with Crippen molar-refractivity contribution in [3.8, 4) is 0 Å². The molecule has 0 aliphatic rings. The van der Waals surface area contributed by atoms with Gasteiger partial charge in [-0.2, -0.15) is 0 Å². The summed E-state index contributed by atoms with van der Waals surface area (Å²) in [5, 5.41) is 1.95. The van der Waals surface area contributed by atoms with E-state index >= 15 is 0 Å². The van der Waals surface area contributed by atoms with E-state index in [9.17, 15) is 4.39 Å². The van der Waals surface area contributed by atoms with Crippen LogP contribution >= 0.6 is 11.6 Å². The predicted molar refractivity (Wildman–Crippen MR) is 60.8 cm³/mol. The van der Waals surface area contributed by atoms with Crippen LogP contribution in [0.1, 0.15) is 25.3 Å². The first-order valence-corrected chi connectivity index (χ1v) is 5.21. The zero-order chi connectivity index (χ0) is 11.0. The topological polar surface area (TPSA) is 12.9 Å². The van der Waals surface area contributed by atoms with E-state index in [2.05, 4.69) is 4.98 Å². The average molecular weight is 224 g/mol. The molecule has 1 aromatic carbocycles. The van der Waals surface area contributed by atoms with Gasteiger partial charge in [-0.05, 0) is 35.1 Å². The number of halogens is 2. The molecule has 0 radical (unpaired) electrons. The number of fused-ring (bicyclic) bond motifs is 1. The first-order valence-electron chi connectivity index (χ1n) is 4.83. The summed E-state index contributed by atoms with van der Waals surface area (Å²) in [5.74, 6) is -0.0475. The highest BCUT2D eigenvalue weighted by molar-refractivity contribution is 6.34. The maximum Gasteiger partial charge on any atom is 0.136 e. The Morgan fingerprint density at radius 2 is 2.07 bits per heavy atom. The molecule has 0 aliphatic carbocycles. The molecule has 1 nitrogen and oxygen atoms in total. The molecule has 0 N–H and O–H groups in total. The fraction of sp³-hybridized carbons (Fsp3) is 0.250. The third kappa shape index (κ3) is 1.82. The zero-order valence-corrected chi connectivity index (χ0v) is 9.35. The van der Waals surface area contributed by atoms with E-state index in [1.54, 1.807) is 6.20 Å². The molecule has 0 spiro atoms. The molecule has 78 valence electrons. The molecule has 3 heteroatoms. The second-order valence-corrected chi connectivity index (χ2v) is 4.21. The number of aromatic nitrogens is 1. The van der Waals surface area contributed by atoms with Crippen LogP contribution < -0.4 is 0 Å². The van der Waals surface area contributed by atoms with Crippen molar-refractivity contribution in [3.05, 3.63) is 40.9 Å². The fourth-order valence-corrected chi connectivity index (χ4v) is 1.84. The molecule has 1 heterocycles. The maximum atomic E-state index is 13.7. The predicted octanol–water partition coefficient (Wildman–Crippen LogP) is 4.15. The number of benzene rings is 1. The SMILES string of the molecule is CC(C)c1cc2ccnc(Cl)c2cc1F. The van der Waals surface area contributed by atoms with E-state index in [0.29, 0.717) is 16.1 Å². The third-order valence-corrected chi connectivity index (χ3v) is 2.76. The number of nitrogens with zero attached hydrogens (tertiary/aromatic N) is 1. The summed E-state index contributed by atoms with van der Waals surface area (Å²) in [6.07, 6.45) is 1.63. The Morgan fingerprint density at radius 3 is 2.73 bits per heavy atom. The summed E-state index contributed by atoms with van der Waals surface area (Å²) < 4.78 is 13.7. The Morgan fingerprint density at radius 1 is 1.33 bits per heavy atom. The fourth-order valence-electron chi connectivity index (χ4n) is 1.62. The largest absolute Gasteiger partial charge is 0.244 e. The van der Waals surface area contributed by atoms with Gasteiger partial charge < -0.3 is 0 Å². The Balaban J connectivity index is 2.76. The van der Waals surface area contributed by atoms with Gasteiger partial charge in [0, 0.05) is 11.6 Å². The van der Waals surface area contributed by atoms with Gasteiger partial charge in [0.1, 0.15) is 11.0 Å². The van der Waals surface area contributed by atoms with Crippen LogP contribution in [0.15, 0.2) is 24.4 Å². The van der Waals surface area contributed by atoms with Crippen molar-refractivity contribution in [2.75, 3.05) is 0 Å². The lowest BCUT2D eigenvalue weighted by molar-refractivity contribution is 0.600. The Bertz CT molecular complexity index is 508. The summed E-state index contributed by atoms with van der Waals surface area (Å²) in [7, 11) is 0. The second-order valence-electron chi connectivity index (χ2n) is 3.85. The van der Waals surface area contributed by atoms with E-state index in [4.69, 9.17) is 11.6 Å². The molecule has 0 aliphatic heterocycles. The smallest absolute Gasteiger partial charge is 0.136 e. The molecule has 15 heavy (non-hydrogen) atoms. The quantitative estimate of drug-likeness (QED) is 0.662. The van der Waals surface area contributed by atoms with Crippen molar-refractivity contribution >= 4 is 22.4 Å². The lowest BCUT2D eigenvalue weighted by atomic mass is 9.99. The molecular formula is C12H11ClFN. The van der Waals surface area contributed by atoms with Crippen molar-refractivity contribution in [2.24, 2.45) is 0 Å². The molecular weight excluding hydrogens is 213 g/mol. The van der Waals surface area contributed by atoms with Crippen LogP contribution in [-0.4, -0.2) is 4.98 Å². The molecule has 1 aromatic heterocycles. The summed E-state index contributed by atoms with van der Waals surface area (Å²) in [5.41, 5.74) is 0.713. The highest BCUT2D eigenvalue weighted by atomic mass is 35.5. The standard InChI is InChI=1S/C12H11ClFN/c1-7(2)9-5-8-3-4-15-12(13)10(8)6-11(9)14/h3-7H,1-2H3. The molecule has 0 atom stereocenters. The van der Waals surface area contributed by atoms with E-state index < -0.39 is 0 Å². The molecule has 0 bridgehead atoms. The minimum atomic E-state index is -0.215. The lowest BCUT2D eigenvalue weighted by Crippen LogP contribution is -1.93. The van der Waals surface area contributed by atoms with Crippen molar-refractivity contribution in [2.45, 2.75) is 19.8 Å². The van der Waals surface area contributed by atoms with E-state index in [0.717, 1.165) is 5.39 Å². The first kappa shape index (κ1) is 10.4. The molecule has 2 rings (SSSR count). The van der Waals surface area contributed by atoms with Gasteiger partial charge in [0.15, 0.2) is 0 Å². The highest BCUT2D eigenvalue weighted by Crippen LogP contribution is 2.27. The van der Waals surface area contributed by atoms with Gasteiger partial charge in [-0.3, -0.25) is 0 Å². The van der Waals surface area contributed by atoms with E-state index in [1.165, 1.54) is 6.07 Å². The van der Waals surface area contributed by atoms with Crippen LogP contribution in [0.3, 0.4) is 0 Å². The number of pyridine rings is 1. The zero-order valence-electron chi connectivity index (χ0n) is 8.59. The number of hydrogen-bond acceptors (Lipinski definition) is 1. The summed E-state index contributed by atoms with van der Waals surface area (Å²) in [4.78, 5) is 3.92. The summed E-state index contributed by atoms with van der Waals surface area (Å²) in [6.45, 7) is 3.93. The Kier molecular flexibility index (Phi) is 2.61. The average Bonchev–Trinajstić information content (AvgIpc) is 2.18. The van der Waals surface area contributed by atoms with Crippen LogP contribution in [0.4, 0.5) is 4.39 Å². The van der Waals surface area contributed by atoms with Gasteiger partial charge in [-0.1, -0.05) is 25.4 Å². The summed E-state index contributed by atoms with van der Waals surface area (Å²) >= 11 is 5.88. The van der Waals surface area contributed by atoms with Crippen molar-refractivity contribution in [1.29, 1.82) is 0 Å². The van der Waals surface area contributed by atoms with Crippen LogP contribution in [0, 0.1) is 5.82 Å². The van der Waals surface area contributed by atoms with Gasteiger partial charge in [-0.15, -0.1) is 0 Å². The third-order valence-electron chi connectivity index (χ3n) is 2.46. The van der Waals surface area contributed by atoms with Crippen molar-refractivity contribution < 1.29 is 4.39 Å². The van der Waals surface area contributed by atoms with E-state index in [1.807, 2.05) is 26.0 Å². The lowest BCUT2D eigenvalue weighted by Gasteiger charge is -2.09. The van der Waals surface area contributed by atoms with E-state index in [-0.39, 0.29) is 11.7 Å². The van der Waals surface area contributed by atoms with Crippen LogP contribution in [0.2, 0.25) is 5.15 Å². The minimum absolute atomic E-state index is 0.168. The first-order chi connectivity index (χ1) is 7.09. The van der Waals surface area contributed by atoms with Crippen molar-refractivity contribution in [1.82, 2.24) is 4.98 Å². The van der Waals surface area contributed by atoms with Gasteiger partial charge >= 0.3 is 0 Å². The van der Waals surface area contributed by atoms with Gasteiger partial charge in [0.2, 0.25) is 0 Å². The van der Waals surface area contributed by atoms with Crippen LogP contribution in [-0.2, 0) is 0 Å². The molecule has 0 unspecified atom stereocenters. The normalized spacial score (nSPS) is 11.3. The van der Waals surface area contributed by atoms with Gasteiger partial charge in [0.25, 0.3) is 0 Å². The second kappa shape index (κ2) is 3.78. The van der Waals surface area contributed by atoms with Gasteiger partial charge in [0.05, 0.1) is 0 Å². The Labute approximate surface area is 92.9 Å². The minimum Gasteiger partial charge on any atom is -0.244 e. The van der Waals surface area contributed by atoms with Gasteiger partial charge in [-0.25, -0.2) is 9.37 Å². The van der Waals surface area contributed by atoms with Crippen LogP contribution in [0.5, 0.6) is 0 Å². The number of rotatable bonds is 1. The maximum absolute atomic E-state index is 13.7.